The third-order valence-electron chi connectivity index (χ3n) is 10.0. The lowest BCUT2D eigenvalue weighted by Crippen LogP contribution is -2.47. The first kappa shape index (κ1) is 32.2. The van der Waals surface area contributed by atoms with Crippen LogP contribution in [0.3, 0.4) is 0 Å². The van der Waals surface area contributed by atoms with Crippen LogP contribution in [-0.4, -0.2) is 56.8 Å². The summed E-state index contributed by atoms with van der Waals surface area (Å²) < 4.78 is 32.4. The molecule has 10 nitrogen and oxygen atoms in total. The lowest BCUT2D eigenvalue weighted by atomic mass is 9.83. The Bertz CT molecular complexity index is 1990. The zero-order chi connectivity index (χ0) is 34.4. The summed E-state index contributed by atoms with van der Waals surface area (Å²) in [4.78, 5) is 44.8. The van der Waals surface area contributed by atoms with E-state index in [9.17, 15) is 18.8 Å². The Morgan fingerprint density at radius 2 is 1.61 bits per heavy atom. The molecule has 2 amide bonds. The molecule has 0 saturated carbocycles. The van der Waals surface area contributed by atoms with Crippen molar-refractivity contribution in [3.63, 3.8) is 0 Å². The van der Waals surface area contributed by atoms with Gasteiger partial charge in [0.2, 0.25) is 5.75 Å². The fourth-order valence-electron chi connectivity index (χ4n) is 7.71. The highest BCUT2D eigenvalue weighted by atomic mass is 19.1. The van der Waals surface area contributed by atoms with Gasteiger partial charge < -0.3 is 33.9 Å². The lowest BCUT2D eigenvalue weighted by molar-refractivity contribution is 0.0973. The minimum atomic E-state index is -0.425. The minimum Gasteiger partial charge on any atom is -0.493 e. The number of pyridine rings is 1. The lowest BCUT2D eigenvalue weighted by Gasteiger charge is -2.44. The number of amides is 2. The number of hydrogen-bond acceptors (Lipinski definition) is 7. The van der Waals surface area contributed by atoms with Crippen LogP contribution in [0.25, 0.3) is 0 Å². The highest BCUT2D eigenvalue weighted by Crippen LogP contribution is 2.42. The van der Waals surface area contributed by atoms with Gasteiger partial charge in [-0.1, -0.05) is 6.07 Å². The maximum atomic E-state index is 14.2. The Hall–Kier alpha value is -5.32. The van der Waals surface area contributed by atoms with Crippen molar-refractivity contribution >= 4 is 28.9 Å². The number of aromatic nitrogens is 1. The molecule has 3 aliphatic heterocycles. The average molecular weight is 667 g/mol. The average Bonchev–Trinajstić information content (AvgIpc) is 3.11. The normalized spacial score (nSPS) is 19.4. The van der Waals surface area contributed by atoms with Gasteiger partial charge in [-0.05, 0) is 92.3 Å². The van der Waals surface area contributed by atoms with Gasteiger partial charge in [0.05, 0.1) is 32.7 Å². The molecule has 4 heterocycles. The van der Waals surface area contributed by atoms with E-state index in [1.807, 2.05) is 29.7 Å². The fourth-order valence-corrected chi connectivity index (χ4v) is 7.71. The summed E-state index contributed by atoms with van der Waals surface area (Å²) in [5.41, 5.74) is 4.42. The number of rotatable bonds is 7. The van der Waals surface area contributed by atoms with Gasteiger partial charge in [0.15, 0.2) is 11.5 Å². The van der Waals surface area contributed by atoms with E-state index in [1.165, 1.54) is 33.5 Å². The van der Waals surface area contributed by atoms with Crippen molar-refractivity contribution in [2.45, 2.75) is 44.7 Å². The minimum absolute atomic E-state index is 0.0121. The third-order valence-corrected chi connectivity index (χ3v) is 10.0. The molecule has 4 aromatic rings. The molecule has 1 saturated heterocycles. The van der Waals surface area contributed by atoms with Crippen LogP contribution < -0.4 is 34.9 Å². The molecule has 0 radical (unpaired) electrons. The molecule has 3 aliphatic rings. The molecule has 1 aromatic heterocycles. The summed E-state index contributed by atoms with van der Waals surface area (Å²) in [7, 11) is 4.47. The van der Waals surface area contributed by atoms with Crippen molar-refractivity contribution in [1.29, 1.82) is 0 Å². The Kier molecular flexibility index (Phi) is 8.52. The molecule has 3 atom stereocenters. The first-order valence-corrected chi connectivity index (χ1v) is 16.5. The number of piperidine rings is 1. The van der Waals surface area contributed by atoms with E-state index in [0.717, 1.165) is 23.4 Å². The molecule has 49 heavy (non-hydrogen) atoms. The third kappa shape index (κ3) is 5.87. The Balaban J connectivity index is 1.28. The highest BCUT2D eigenvalue weighted by molar-refractivity contribution is 6.11. The van der Waals surface area contributed by atoms with E-state index in [-0.39, 0.29) is 40.7 Å². The van der Waals surface area contributed by atoms with Crippen molar-refractivity contribution in [3.05, 3.63) is 105 Å². The summed E-state index contributed by atoms with van der Waals surface area (Å²) in [6.07, 6.45) is 2.35. The van der Waals surface area contributed by atoms with Gasteiger partial charge in [0, 0.05) is 60.2 Å². The Morgan fingerprint density at radius 1 is 0.857 bits per heavy atom. The van der Waals surface area contributed by atoms with E-state index in [4.69, 9.17) is 14.2 Å². The molecule has 11 heteroatoms. The van der Waals surface area contributed by atoms with Gasteiger partial charge in [-0.3, -0.25) is 14.4 Å². The van der Waals surface area contributed by atoms with E-state index in [2.05, 4.69) is 10.2 Å². The van der Waals surface area contributed by atoms with Crippen molar-refractivity contribution in [2.75, 3.05) is 49.5 Å². The van der Waals surface area contributed by atoms with Gasteiger partial charge in [-0.15, -0.1) is 0 Å². The SMILES string of the molecule is COc1cc(C(=O)Nc2cc(C(=O)N3c4ccc(F)cc4CC[C@H]3C)ccc2N2C[C@H]3C[C@@H](C2)c2cccc(=O)n2C3)cc(OC)c1OC. The standard InChI is InChI=1S/C38H39FN4O6/c1-22-8-9-24-15-28(39)11-13-31(24)43(22)38(46)25-10-12-32(41-19-23-14-27(21-41)30-6-5-7-35(44)42(30)20-23)29(16-25)40-37(45)26-17-33(47-2)36(49-4)34(18-26)48-3/h5-7,10-13,15-18,22-23,27H,8-9,14,19-21H2,1-4H3,(H,40,45)/t22-,23-,27+/m1/s1. The van der Waals surface area contributed by atoms with E-state index >= 15 is 0 Å². The van der Waals surface area contributed by atoms with Crippen LogP contribution >= 0.6 is 0 Å². The molecule has 0 unspecified atom stereocenters. The predicted molar refractivity (Wildman–Crippen MR) is 185 cm³/mol. The smallest absolute Gasteiger partial charge is 0.258 e. The predicted octanol–water partition coefficient (Wildman–Crippen LogP) is 5.87. The van der Waals surface area contributed by atoms with Crippen LogP contribution in [0.1, 0.15) is 57.7 Å². The molecule has 1 fully saturated rings. The molecule has 7 rings (SSSR count). The number of halogens is 1. The van der Waals surface area contributed by atoms with Crippen LogP contribution in [0, 0.1) is 11.7 Å². The first-order chi connectivity index (χ1) is 23.7. The summed E-state index contributed by atoms with van der Waals surface area (Å²) in [6, 6.07) is 18.4. The molecule has 3 aromatic carbocycles. The molecule has 0 aliphatic carbocycles. The highest BCUT2D eigenvalue weighted by Gasteiger charge is 2.36. The number of carbonyl (C=O) groups is 2. The van der Waals surface area contributed by atoms with E-state index in [1.54, 1.807) is 41.3 Å². The number of benzene rings is 3. The number of carbonyl (C=O) groups excluding carboxylic acids is 2. The fraction of sp³-hybridized carbons (Fsp3) is 0.342. The van der Waals surface area contributed by atoms with Crippen molar-refractivity contribution < 1.29 is 28.2 Å². The van der Waals surface area contributed by atoms with Crippen LogP contribution in [0.5, 0.6) is 17.2 Å². The van der Waals surface area contributed by atoms with Crippen LogP contribution in [-0.2, 0) is 13.0 Å². The number of methoxy groups -OCH3 is 3. The van der Waals surface area contributed by atoms with Crippen molar-refractivity contribution in [3.8, 4) is 17.2 Å². The van der Waals surface area contributed by atoms with Crippen LogP contribution in [0.15, 0.2) is 71.5 Å². The maximum absolute atomic E-state index is 14.2. The van der Waals surface area contributed by atoms with Gasteiger partial charge in [0.1, 0.15) is 5.82 Å². The number of ether oxygens (including phenoxy) is 3. The molecule has 254 valence electrons. The molecule has 0 spiro atoms. The Labute approximate surface area is 284 Å². The summed E-state index contributed by atoms with van der Waals surface area (Å²) in [5, 5.41) is 3.09. The number of anilines is 3. The number of hydrogen-bond donors (Lipinski definition) is 1. The molecule has 2 bridgehead atoms. The van der Waals surface area contributed by atoms with Crippen LogP contribution in [0.4, 0.5) is 21.5 Å². The van der Waals surface area contributed by atoms with E-state index in [0.29, 0.717) is 66.7 Å². The van der Waals surface area contributed by atoms with Crippen molar-refractivity contribution in [1.82, 2.24) is 4.57 Å². The Morgan fingerprint density at radius 3 is 2.35 bits per heavy atom. The molecular weight excluding hydrogens is 627 g/mol. The second kappa shape index (κ2) is 12.9. The molecular formula is C38H39FN4O6. The summed E-state index contributed by atoms with van der Waals surface area (Å²) >= 11 is 0. The van der Waals surface area contributed by atoms with Crippen molar-refractivity contribution in [2.24, 2.45) is 5.92 Å². The second-order valence-electron chi connectivity index (χ2n) is 13.0. The van der Waals surface area contributed by atoms with Gasteiger partial charge in [-0.25, -0.2) is 4.39 Å². The topological polar surface area (TPSA) is 102 Å². The summed E-state index contributed by atoms with van der Waals surface area (Å²) in [6.45, 7) is 3.93. The van der Waals surface area contributed by atoms with Gasteiger partial charge in [0.25, 0.3) is 17.4 Å². The number of aryl methyl sites for hydroxylation is 1. The zero-order valence-corrected chi connectivity index (χ0v) is 28.0. The number of nitrogens with one attached hydrogen (secondary N) is 1. The van der Waals surface area contributed by atoms with E-state index < -0.39 is 5.91 Å². The second-order valence-corrected chi connectivity index (χ2v) is 13.0. The number of nitrogens with zero attached hydrogens (tertiary/aromatic N) is 3. The number of fused-ring (bicyclic) bond motifs is 5. The first-order valence-electron chi connectivity index (χ1n) is 16.5. The van der Waals surface area contributed by atoms with Gasteiger partial charge in [-0.2, -0.15) is 0 Å². The maximum Gasteiger partial charge on any atom is 0.258 e. The quantitative estimate of drug-likeness (QED) is 0.263. The monoisotopic (exact) mass is 666 g/mol. The summed E-state index contributed by atoms with van der Waals surface area (Å²) in [5.74, 6) is 0.409. The largest absolute Gasteiger partial charge is 0.493 e. The van der Waals surface area contributed by atoms with Crippen LogP contribution in [0.2, 0.25) is 0 Å². The zero-order valence-electron chi connectivity index (χ0n) is 28.0. The molecule has 1 N–H and O–H groups in total. The van der Waals surface area contributed by atoms with Gasteiger partial charge >= 0.3 is 0 Å².